The van der Waals surface area contributed by atoms with Crippen molar-refractivity contribution in [3.8, 4) is 5.75 Å². The van der Waals surface area contributed by atoms with E-state index in [0.29, 0.717) is 11.7 Å². The third kappa shape index (κ3) is 2.09. The number of hydrogen-bond donors (Lipinski definition) is 0. The van der Waals surface area contributed by atoms with Crippen LogP contribution in [-0.2, 0) is 4.74 Å². The highest BCUT2D eigenvalue weighted by Gasteiger charge is 2.40. The number of carbonyl (C=O) groups is 1. The van der Waals surface area contributed by atoms with Crippen LogP contribution in [0.1, 0.15) is 36.0 Å². The summed E-state index contributed by atoms with van der Waals surface area (Å²) in [6.07, 6.45) is 5.50. The zero-order chi connectivity index (χ0) is 12.5. The minimum absolute atomic E-state index is 0.312. The number of methoxy groups -OCH3 is 1. The van der Waals surface area contributed by atoms with Crippen molar-refractivity contribution in [3.05, 3.63) is 29.8 Å². The summed E-state index contributed by atoms with van der Waals surface area (Å²) in [7, 11) is 1.39. The van der Waals surface area contributed by atoms with E-state index in [2.05, 4.69) is 0 Å². The lowest BCUT2D eigenvalue weighted by molar-refractivity contribution is 0.0599. The smallest absolute Gasteiger partial charge is 0.337 e. The summed E-state index contributed by atoms with van der Waals surface area (Å²) in [5.74, 6) is 2.06. The minimum Gasteiger partial charge on any atom is -0.490 e. The molecule has 0 aromatic heterocycles. The Morgan fingerprint density at radius 1 is 1.28 bits per heavy atom. The molecular weight excluding hydrogens is 228 g/mol. The first-order chi connectivity index (χ1) is 8.76. The largest absolute Gasteiger partial charge is 0.490 e. The highest BCUT2D eigenvalue weighted by molar-refractivity contribution is 5.89. The van der Waals surface area contributed by atoms with Gasteiger partial charge in [0.15, 0.2) is 0 Å². The first-order valence-corrected chi connectivity index (χ1v) is 6.61. The van der Waals surface area contributed by atoms with Crippen molar-refractivity contribution >= 4 is 5.97 Å². The van der Waals surface area contributed by atoms with Crippen LogP contribution in [0.2, 0.25) is 0 Å². The Morgan fingerprint density at radius 3 is 2.83 bits per heavy atom. The van der Waals surface area contributed by atoms with E-state index in [-0.39, 0.29) is 5.97 Å². The predicted octanol–water partition coefficient (Wildman–Crippen LogP) is 3.04. The van der Waals surface area contributed by atoms with Crippen LogP contribution >= 0.6 is 0 Å². The van der Waals surface area contributed by atoms with E-state index in [1.165, 1.54) is 32.8 Å². The van der Waals surface area contributed by atoms with Gasteiger partial charge in [-0.1, -0.05) is 6.07 Å². The van der Waals surface area contributed by atoms with E-state index < -0.39 is 0 Å². The number of hydrogen-bond acceptors (Lipinski definition) is 3. The van der Waals surface area contributed by atoms with Crippen LogP contribution < -0.4 is 4.74 Å². The van der Waals surface area contributed by atoms with Gasteiger partial charge < -0.3 is 9.47 Å². The number of fused-ring (bicyclic) bond motifs is 2. The van der Waals surface area contributed by atoms with Crippen molar-refractivity contribution in [2.75, 3.05) is 7.11 Å². The third-order valence-corrected chi connectivity index (χ3v) is 4.22. The lowest BCUT2D eigenvalue weighted by atomic mass is 9.98. The summed E-state index contributed by atoms with van der Waals surface area (Å²) in [4.78, 5) is 11.5. The number of rotatable bonds is 3. The van der Waals surface area contributed by atoms with E-state index in [0.717, 1.165) is 17.6 Å². The van der Waals surface area contributed by atoms with Crippen LogP contribution in [0.3, 0.4) is 0 Å². The molecular formula is C15H18O3. The average Bonchev–Trinajstić information content (AvgIpc) is 3.00. The number of benzene rings is 1. The standard InChI is InChI=1S/C15H18O3/c1-17-15(16)12-3-2-4-13(9-12)18-14-8-10-5-6-11(14)7-10/h2-4,9-11,14H,5-8H2,1H3. The van der Waals surface area contributed by atoms with Crippen molar-refractivity contribution in [1.29, 1.82) is 0 Å². The zero-order valence-electron chi connectivity index (χ0n) is 10.6. The van der Waals surface area contributed by atoms with E-state index in [9.17, 15) is 4.79 Å². The van der Waals surface area contributed by atoms with Gasteiger partial charge in [0.25, 0.3) is 0 Å². The lowest BCUT2D eigenvalue weighted by Gasteiger charge is -2.23. The topological polar surface area (TPSA) is 35.5 Å². The van der Waals surface area contributed by atoms with Gasteiger partial charge in [0.05, 0.1) is 12.7 Å². The maximum atomic E-state index is 11.5. The summed E-state index contributed by atoms with van der Waals surface area (Å²) in [6.45, 7) is 0. The second-order valence-corrected chi connectivity index (χ2v) is 5.35. The van der Waals surface area contributed by atoms with Crippen molar-refractivity contribution in [3.63, 3.8) is 0 Å². The van der Waals surface area contributed by atoms with Crippen LogP contribution in [0.15, 0.2) is 24.3 Å². The van der Waals surface area contributed by atoms with Crippen LogP contribution in [0.5, 0.6) is 5.75 Å². The quantitative estimate of drug-likeness (QED) is 0.769. The normalized spacial score (nSPS) is 29.3. The molecule has 2 fully saturated rings. The Hall–Kier alpha value is -1.51. The number of carbonyl (C=O) groups excluding carboxylic acids is 1. The van der Waals surface area contributed by atoms with E-state index in [4.69, 9.17) is 9.47 Å². The average molecular weight is 246 g/mol. The molecule has 2 bridgehead atoms. The van der Waals surface area contributed by atoms with Gasteiger partial charge in [-0.2, -0.15) is 0 Å². The van der Waals surface area contributed by atoms with Crippen molar-refractivity contribution in [1.82, 2.24) is 0 Å². The van der Waals surface area contributed by atoms with Crippen LogP contribution in [0, 0.1) is 11.8 Å². The maximum Gasteiger partial charge on any atom is 0.337 e. The Balaban J connectivity index is 1.71. The molecule has 1 aromatic carbocycles. The van der Waals surface area contributed by atoms with Crippen LogP contribution in [0.25, 0.3) is 0 Å². The minimum atomic E-state index is -0.312. The van der Waals surface area contributed by atoms with E-state index in [1.807, 2.05) is 12.1 Å². The van der Waals surface area contributed by atoms with Gasteiger partial charge in [0, 0.05) is 0 Å². The molecule has 0 N–H and O–H groups in total. The summed E-state index contributed by atoms with van der Waals surface area (Å²) >= 11 is 0. The SMILES string of the molecule is COC(=O)c1cccc(OC2CC3CCC2C3)c1. The lowest BCUT2D eigenvalue weighted by Crippen LogP contribution is -2.23. The molecule has 3 nitrogen and oxygen atoms in total. The molecule has 0 amide bonds. The van der Waals surface area contributed by atoms with Gasteiger partial charge in [0.1, 0.15) is 11.9 Å². The molecule has 3 rings (SSSR count). The van der Waals surface area contributed by atoms with Gasteiger partial charge in [-0.25, -0.2) is 4.79 Å². The molecule has 2 aliphatic rings. The molecule has 0 radical (unpaired) electrons. The monoisotopic (exact) mass is 246 g/mol. The third-order valence-electron chi connectivity index (χ3n) is 4.22. The summed E-state index contributed by atoms with van der Waals surface area (Å²) in [5, 5.41) is 0. The molecule has 0 heterocycles. The molecule has 18 heavy (non-hydrogen) atoms. The Morgan fingerprint density at radius 2 is 2.17 bits per heavy atom. The van der Waals surface area contributed by atoms with Crippen molar-refractivity contribution in [2.45, 2.75) is 31.8 Å². The molecule has 3 unspecified atom stereocenters. The molecule has 0 aliphatic heterocycles. The van der Waals surface area contributed by atoms with Gasteiger partial charge in [-0.05, 0) is 55.7 Å². The summed E-state index contributed by atoms with van der Waals surface area (Å²) in [6, 6.07) is 7.28. The predicted molar refractivity (Wildman–Crippen MR) is 67.6 cm³/mol. The number of ether oxygens (including phenoxy) is 2. The van der Waals surface area contributed by atoms with Gasteiger partial charge in [-0.15, -0.1) is 0 Å². The highest BCUT2D eigenvalue weighted by Crippen LogP contribution is 2.45. The fourth-order valence-electron chi connectivity index (χ4n) is 3.32. The van der Waals surface area contributed by atoms with Gasteiger partial charge >= 0.3 is 5.97 Å². The molecule has 0 spiro atoms. The van der Waals surface area contributed by atoms with E-state index in [1.54, 1.807) is 12.1 Å². The fraction of sp³-hybridized carbons (Fsp3) is 0.533. The number of esters is 1. The van der Waals surface area contributed by atoms with Crippen molar-refractivity contribution < 1.29 is 14.3 Å². The first-order valence-electron chi connectivity index (χ1n) is 6.61. The summed E-state index contributed by atoms with van der Waals surface area (Å²) < 4.78 is 10.8. The molecule has 0 saturated heterocycles. The van der Waals surface area contributed by atoms with Crippen molar-refractivity contribution in [2.24, 2.45) is 11.8 Å². The Labute approximate surface area is 107 Å². The van der Waals surface area contributed by atoms with Crippen LogP contribution in [-0.4, -0.2) is 19.2 Å². The summed E-state index contributed by atoms with van der Waals surface area (Å²) in [5.41, 5.74) is 0.554. The second kappa shape index (κ2) is 4.63. The van der Waals surface area contributed by atoms with Gasteiger partial charge in [0.2, 0.25) is 0 Å². The Kier molecular flexibility index (Phi) is 2.98. The molecule has 3 heteroatoms. The molecule has 2 aliphatic carbocycles. The first kappa shape index (κ1) is 11.6. The highest BCUT2D eigenvalue weighted by atomic mass is 16.5. The fourth-order valence-corrected chi connectivity index (χ4v) is 3.32. The zero-order valence-corrected chi connectivity index (χ0v) is 10.6. The maximum absolute atomic E-state index is 11.5. The molecule has 96 valence electrons. The molecule has 2 saturated carbocycles. The Bertz CT molecular complexity index is 455. The van der Waals surface area contributed by atoms with Crippen LogP contribution in [0.4, 0.5) is 0 Å². The molecule has 3 atom stereocenters. The second-order valence-electron chi connectivity index (χ2n) is 5.35. The van der Waals surface area contributed by atoms with Gasteiger partial charge in [-0.3, -0.25) is 0 Å². The molecule has 1 aromatic rings. The van der Waals surface area contributed by atoms with E-state index >= 15 is 0 Å².